The molecule has 0 aromatic carbocycles. The first kappa shape index (κ1) is 11.9. The Morgan fingerprint density at radius 2 is 2.00 bits per heavy atom. The molecule has 0 unspecified atom stereocenters. The summed E-state index contributed by atoms with van der Waals surface area (Å²) in [5.41, 5.74) is 0. The smallest absolute Gasteiger partial charge is 0.0367 e. The van der Waals surface area contributed by atoms with E-state index in [1.165, 1.54) is 6.42 Å². The van der Waals surface area contributed by atoms with Gasteiger partial charge in [-0.25, -0.2) is 0 Å². The van der Waals surface area contributed by atoms with Crippen molar-refractivity contribution in [1.29, 1.82) is 0 Å². The Morgan fingerprint density at radius 3 is 2.45 bits per heavy atom. The maximum atomic E-state index is 3.53. The second kappa shape index (κ2) is 7.56. The molecule has 0 saturated heterocycles. The summed E-state index contributed by atoms with van der Waals surface area (Å²) in [5.74, 6) is 0.806. The van der Waals surface area contributed by atoms with Gasteiger partial charge in [0.25, 0.3) is 0 Å². The molecular weight excluding hydrogens is 270 g/mol. The van der Waals surface area contributed by atoms with Crippen LogP contribution in [0.4, 0.5) is 0 Å². The van der Waals surface area contributed by atoms with Crippen molar-refractivity contribution in [3.05, 3.63) is 0 Å². The zero-order valence-corrected chi connectivity index (χ0v) is 10.4. The zero-order valence-electron chi connectivity index (χ0n) is 7.24. The second-order valence-corrected chi connectivity index (χ2v) is 5.08. The molecule has 0 aromatic rings. The van der Waals surface area contributed by atoms with Crippen LogP contribution in [-0.2, 0) is 0 Å². The van der Waals surface area contributed by atoms with Gasteiger partial charge >= 0.3 is 0 Å². The van der Waals surface area contributed by atoms with Gasteiger partial charge in [0.05, 0.1) is 0 Å². The minimum Gasteiger partial charge on any atom is -0.316 e. The molecule has 11 heavy (non-hydrogen) atoms. The predicted octanol–water partition coefficient (Wildman–Crippen LogP) is 2.78. The lowest BCUT2D eigenvalue weighted by Gasteiger charge is -2.08. The van der Waals surface area contributed by atoms with E-state index in [0.717, 1.165) is 24.3 Å². The molecule has 0 saturated carbocycles. The molecule has 0 amide bonds. The van der Waals surface area contributed by atoms with Crippen LogP contribution in [0.15, 0.2) is 0 Å². The van der Waals surface area contributed by atoms with Crippen molar-refractivity contribution in [1.82, 2.24) is 5.32 Å². The van der Waals surface area contributed by atoms with E-state index in [1.807, 2.05) is 0 Å². The van der Waals surface area contributed by atoms with E-state index in [2.05, 4.69) is 51.0 Å². The molecule has 1 N–H and O–H groups in total. The molecule has 0 aromatic heterocycles. The summed E-state index contributed by atoms with van der Waals surface area (Å²) >= 11 is 6.94. The first-order valence-electron chi connectivity index (χ1n) is 4.07. The maximum absolute atomic E-state index is 3.53. The molecule has 1 atom stereocenters. The number of rotatable bonds is 6. The van der Waals surface area contributed by atoms with E-state index in [9.17, 15) is 0 Å². The second-order valence-electron chi connectivity index (χ2n) is 3.14. The molecule has 0 fully saturated rings. The fourth-order valence-electron chi connectivity index (χ4n) is 0.704. The highest BCUT2D eigenvalue weighted by molar-refractivity contribution is 9.12. The Morgan fingerprint density at radius 1 is 1.36 bits per heavy atom. The van der Waals surface area contributed by atoms with Crippen molar-refractivity contribution >= 4 is 31.9 Å². The molecule has 0 heterocycles. The van der Waals surface area contributed by atoms with Gasteiger partial charge in [-0.1, -0.05) is 45.7 Å². The van der Waals surface area contributed by atoms with Crippen molar-refractivity contribution in [3.8, 4) is 0 Å². The van der Waals surface area contributed by atoms with Crippen molar-refractivity contribution in [3.63, 3.8) is 0 Å². The van der Waals surface area contributed by atoms with E-state index in [4.69, 9.17) is 0 Å². The molecule has 0 spiro atoms. The van der Waals surface area contributed by atoms with E-state index in [-0.39, 0.29) is 0 Å². The summed E-state index contributed by atoms with van der Waals surface area (Å²) in [5, 5.41) is 4.41. The van der Waals surface area contributed by atoms with Gasteiger partial charge < -0.3 is 5.32 Å². The standard InChI is InChI=1S/C8H17Br2N/c1-7(2)3-4-11-6-8(10)5-9/h7-8,11H,3-6H2,1-2H3/t8-/m0/s1. The van der Waals surface area contributed by atoms with Gasteiger partial charge in [-0.05, 0) is 18.9 Å². The number of halogens is 2. The molecule has 3 heteroatoms. The molecule has 0 aliphatic carbocycles. The molecular formula is C8H17Br2N. The SMILES string of the molecule is CC(C)CCNC[C@@H](Br)CBr. The summed E-state index contributed by atoms with van der Waals surface area (Å²) in [6, 6.07) is 0. The van der Waals surface area contributed by atoms with E-state index >= 15 is 0 Å². The molecule has 0 rings (SSSR count). The fourth-order valence-corrected chi connectivity index (χ4v) is 1.16. The summed E-state index contributed by atoms with van der Waals surface area (Å²) < 4.78 is 0. The Balaban J connectivity index is 3.01. The van der Waals surface area contributed by atoms with E-state index in [1.54, 1.807) is 0 Å². The summed E-state index contributed by atoms with van der Waals surface area (Å²) in [6.07, 6.45) is 1.27. The lowest BCUT2D eigenvalue weighted by Crippen LogP contribution is -2.25. The van der Waals surface area contributed by atoms with Crippen LogP contribution >= 0.6 is 31.9 Å². The van der Waals surface area contributed by atoms with Crippen molar-refractivity contribution in [2.75, 3.05) is 18.4 Å². The molecule has 0 bridgehead atoms. The van der Waals surface area contributed by atoms with Crippen LogP contribution in [0.2, 0.25) is 0 Å². The van der Waals surface area contributed by atoms with Crippen molar-refractivity contribution < 1.29 is 0 Å². The highest BCUT2D eigenvalue weighted by Crippen LogP contribution is 2.02. The van der Waals surface area contributed by atoms with Crippen molar-refractivity contribution in [2.45, 2.75) is 25.1 Å². The van der Waals surface area contributed by atoms with E-state index in [0.29, 0.717) is 4.83 Å². The highest BCUT2D eigenvalue weighted by atomic mass is 79.9. The Kier molecular flexibility index (Phi) is 8.20. The molecule has 0 aliphatic rings. The third kappa shape index (κ3) is 8.83. The Labute approximate surface area is 86.6 Å². The number of hydrogen-bond donors (Lipinski definition) is 1. The van der Waals surface area contributed by atoms with E-state index < -0.39 is 0 Å². The van der Waals surface area contributed by atoms with Gasteiger partial charge in [0.2, 0.25) is 0 Å². The first-order valence-corrected chi connectivity index (χ1v) is 6.11. The van der Waals surface area contributed by atoms with Gasteiger partial charge in [-0.2, -0.15) is 0 Å². The monoisotopic (exact) mass is 285 g/mol. The number of hydrogen-bond acceptors (Lipinski definition) is 1. The van der Waals surface area contributed by atoms with Crippen LogP contribution in [0, 0.1) is 5.92 Å². The zero-order chi connectivity index (χ0) is 8.69. The van der Waals surface area contributed by atoms with Crippen LogP contribution in [0.25, 0.3) is 0 Å². The molecule has 1 nitrogen and oxygen atoms in total. The van der Waals surface area contributed by atoms with Crippen LogP contribution in [0.5, 0.6) is 0 Å². The fraction of sp³-hybridized carbons (Fsp3) is 1.00. The average Bonchev–Trinajstić information content (AvgIpc) is 1.97. The molecule has 0 aliphatic heterocycles. The maximum Gasteiger partial charge on any atom is 0.0367 e. The number of alkyl halides is 2. The normalized spacial score (nSPS) is 13.9. The lowest BCUT2D eigenvalue weighted by atomic mass is 10.1. The molecule has 0 radical (unpaired) electrons. The van der Waals surface area contributed by atoms with Gasteiger partial charge in [0, 0.05) is 16.7 Å². The average molecular weight is 287 g/mol. The highest BCUT2D eigenvalue weighted by Gasteiger charge is 2.00. The van der Waals surface area contributed by atoms with Gasteiger partial charge in [-0.15, -0.1) is 0 Å². The summed E-state index contributed by atoms with van der Waals surface area (Å²) in [4.78, 5) is 0.565. The van der Waals surface area contributed by atoms with Crippen LogP contribution in [-0.4, -0.2) is 23.2 Å². The van der Waals surface area contributed by atoms with Gasteiger partial charge in [0.15, 0.2) is 0 Å². The summed E-state index contributed by atoms with van der Waals surface area (Å²) in [6.45, 7) is 6.68. The lowest BCUT2D eigenvalue weighted by molar-refractivity contribution is 0.540. The minimum atomic E-state index is 0.565. The van der Waals surface area contributed by atoms with Crippen molar-refractivity contribution in [2.24, 2.45) is 5.92 Å². The summed E-state index contributed by atoms with van der Waals surface area (Å²) in [7, 11) is 0. The van der Waals surface area contributed by atoms with Crippen LogP contribution in [0.1, 0.15) is 20.3 Å². The third-order valence-corrected chi connectivity index (χ3v) is 3.73. The Hall–Kier alpha value is 0.920. The largest absolute Gasteiger partial charge is 0.316 e. The van der Waals surface area contributed by atoms with Gasteiger partial charge in [-0.3, -0.25) is 0 Å². The molecule has 68 valence electrons. The third-order valence-electron chi connectivity index (χ3n) is 1.43. The minimum absolute atomic E-state index is 0.565. The topological polar surface area (TPSA) is 12.0 Å². The quantitative estimate of drug-likeness (QED) is 0.585. The number of nitrogens with one attached hydrogen (secondary N) is 1. The van der Waals surface area contributed by atoms with Gasteiger partial charge in [0.1, 0.15) is 0 Å². The first-order chi connectivity index (χ1) is 5.16. The Bertz CT molecular complexity index is 86.2. The van der Waals surface area contributed by atoms with Crippen LogP contribution in [0.3, 0.4) is 0 Å². The van der Waals surface area contributed by atoms with Crippen LogP contribution < -0.4 is 5.32 Å². The predicted molar refractivity (Wildman–Crippen MR) is 58.8 cm³/mol.